The van der Waals surface area contributed by atoms with Crippen LogP contribution in [0.5, 0.6) is 0 Å². The fraction of sp³-hybridized carbons (Fsp3) is 0.412. The van der Waals surface area contributed by atoms with E-state index in [2.05, 4.69) is 10.3 Å². The van der Waals surface area contributed by atoms with Gasteiger partial charge in [-0.05, 0) is 6.07 Å². The van der Waals surface area contributed by atoms with Gasteiger partial charge in [-0.2, -0.15) is 4.31 Å². The van der Waals surface area contributed by atoms with E-state index in [1.54, 1.807) is 6.07 Å². The number of hydrogen-bond acceptors (Lipinski definition) is 6. The van der Waals surface area contributed by atoms with Crippen LogP contribution in [0.25, 0.3) is 10.6 Å². The van der Waals surface area contributed by atoms with Crippen LogP contribution in [0.2, 0.25) is 5.02 Å². The molecule has 1 aliphatic rings. The number of carbonyl (C=O) groups is 1. The molecule has 1 aromatic heterocycles. The average molecular weight is 430 g/mol. The van der Waals surface area contributed by atoms with Crippen LogP contribution in [-0.2, 0) is 26.0 Å². The number of sulfonamides is 1. The molecule has 1 N–H and O–H groups in total. The fourth-order valence-electron chi connectivity index (χ4n) is 2.65. The Morgan fingerprint density at radius 1 is 1.30 bits per heavy atom. The van der Waals surface area contributed by atoms with Crippen LogP contribution in [0, 0.1) is 0 Å². The number of nitrogens with one attached hydrogen (secondary N) is 1. The van der Waals surface area contributed by atoms with Gasteiger partial charge in [-0.15, -0.1) is 11.3 Å². The third-order valence-electron chi connectivity index (χ3n) is 4.04. The van der Waals surface area contributed by atoms with Crippen LogP contribution in [0.15, 0.2) is 29.6 Å². The molecule has 1 fully saturated rings. The molecule has 1 saturated heterocycles. The molecule has 2 aromatic rings. The van der Waals surface area contributed by atoms with Crippen LogP contribution in [-0.4, -0.2) is 62.2 Å². The lowest BCUT2D eigenvalue weighted by Crippen LogP contribution is -2.43. The minimum atomic E-state index is -3.38. The summed E-state index contributed by atoms with van der Waals surface area (Å²) in [5.74, 6) is -0.385. The van der Waals surface area contributed by atoms with Gasteiger partial charge in [0.25, 0.3) is 0 Å². The monoisotopic (exact) mass is 429 g/mol. The predicted octanol–water partition coefficient (Wildman–Crippen LogP) is 1.78. The number of rotatable bonds is 7. The normalized spacial score (nSPS) is 15.6. The van der Waals surface area contributed by atoms with Gasteiger partial charge in [0.05, 0.1) is 36.1 Å². The molecular weight excluding hydrogens is 410 g/mol. The van der Waals surface area contributed by atoms with Gasteiger partial charge in [0.15, 0.2) is 0 Å². The van der Waals surface area contributed by atoms with E-state index in [1.165, 1.54) is 15.6 Å². The highest BCUT2D eigenvalue weighted by atomic mass is 35.5. The van der Waals surface area contributed by atoms with Gasteiger partial charge < -0.3 is 10.1 Å². The Labute approximate surface area is 167 Å². The van der Waals surface area contributed by atoms with E-state index >= 15 is 0 Å². The Balaban J connectivity index is 1.49. The standard InChI is InChI=1S/C17H20ClN3O4S2/c18-15-4-2-1-3-14(15)17-20-13(12-26-17)11-16(22)19-5-10-27(23,24)21-6-8-25-9-7-21/h1-4,12H,5-11H2,(H,19,22). The Kier molecular flexibility index (Phi) is 6.83. The zero-order chi connectivity index (χ0) is 19.3. The minimum Gasteiger partial charge on any atom is -0.379 e. The molecule has 3 rings (SSSR count). The van der Waals surface area contributed by atoms with Crippen molar-refractivity contribution in [2.24, 2.45) is 0 Å². The maximum Gasteiger partial charge on any atom is 0.226 e. The second kappa shape index (κ2) is 9.11. The molecule has 7 nitrogen and oxygen atoms in total. The number of ether oxygens (including phenoxy) is 1. The Bertz CT molecular complexity index is 895. The van der Waals surface area contributed by atoms with Crippen molar-refractivity contribution < 1.29 is 17.9 Å². The molecule has 0 radical (unpaired) electrons. The number of carbonyl (C=O) groups excluding carboxylic acids is 1. The maximum atomic E-state index is 12.2. The summed E-state index contributed by atoms with van der Waals surface area (Å²) in [5.41, 5.74) is 1.45. The summed E-state index contributed by atoms with van der Waals surface area (Å²) < 4.78 is 31.0. The highest BCUT2D eigenvalue weighted by Gasteiger charge is 2.24. The summed E-state index contributed by atoms with van der Waals surface area (Å²) in [7, 11) is -3.38. The second-order valence-electron chi connectivity index (χ2n) is 5.98. The van der Waals surface area contributed by atoms with E-state index < -0.39 is 10.0 Å². The molecule has 0 saturated carbocycles. The first-order valence-corrected chi connectivity index (χ1v) is 11.3. The number of aromatic nitrogens is 1. The van der Waals surface area contributed by atoms with E-state index in [0.717, 1.165) is 10.6 Å². The molecule has 10 heteroatoms. The number of thiazole rings is 1. The van der Waals surface area contributed by atoms with Crippen molar-refractivity contribution in [3.05, 3.63) is 40.4 Å². The maximum absolute atomic E-state index is 12.2. The van der Waals surface area contributed by atoms with E-state index in [9.17, 15) is 13.2 Å². The predicted molar refractivity (Wildman–Crippen MR) is 105 cm³/mol. The van der Waals surface area contributed by atoms with Gasteiger partial charge in [-0.25, -0.2) is 13.4 Å². The van der Waals surface area contributed by atoms with Crippen molar-refractivity contribution in [1.29, 1.82) is 0 Å². The number of morpholine rings is 1. The highest BCUT2D eigenvalue weighted by Crippen LogP contribution is 2.30. The van der Waals surface area contributed by atoms with Crippen molar-refractivity contribution in [2.75, 3.05) is 38.6 Å². The van der Waals surface area contributed by atoms with Gasteiger partial charge in [0.1, 0.15) is 5.01 Å². The first-order chi connectivity index (χ1) is 13.0. The van der Waals surface area contributed by atoms with Crippen molar-refractivity contribution in [3.8, 4) is 10.6 Å². The molecule has 1 amide bonds. The van der Waals surface area contributed by atoms with E-state index in [0.29, 0.717) is 37.0 Å². The Hall–Kier alpha value is -1.52. The lowest BCUT2D eigenvalue weighted by molar-refractivity contribution is -0.120. The molecular formula is C17H20ClN3O4S2. The van der Waals surface area contributed by atoms with Crippen molar-refractivity contribution >= 4 is 38.9 Å². The third-order valence-corrected chi connectivity index (χ3v) is 7.17. The van der Waals surface area contributed by atoms with Crippen LogP contribution >= 0.6 is 22.9 Å². The molecule has 1 aromatic carbocycles. The zero-order valence-corrected chi connectivity index (χ0v) is 16.9. The quantitative estimate of drug-likeness (QED) is 0.724. The first-order valence-electron chi connectivity index (χ1n) is 8.47. The molecule has 0 aliphatic carbocycles. The first kappa shape index (κ1) is 20.2. The largest absolute Gasteiger partial charge is 0.379 e. The lowest BCUT2D eigenvalue weighted by atomic mass is 10.2. The third kappa shape index (κ3) is 5.49. The highest BCUT2D eigenvalue weighted by molar-refractivity contribution is 7.89. The van der Waals surface area contributed by atoms with Crippen molar-refractivity contribution in [2.45, 2.75) is 6.42 Å². The molecule has 0 unspecified atom stereocenters. The lowest BCUT2D eigenvalue weighted by Gasteiger charge is -2.26. The second-order valence-corrected chi connectivity index (χ2v) is 9.33. The van der Waals surface area contributed by atoms with Crippen LogP contribution in [0.4, 0.5) is 0 Å². The van der Waals surface area contributed by atoms with Crippen LogP contribution in [0.3, 0.4) is 0 Å². The summed E-state index contributed by atoms with van der Waals surface area (Å²) >= 11 is 7.58. The van der Waals surface area contributed by atoms with Gasteiger partial charge >= 0.3 is 0 Å². The van der Waals surface area contributed by atoms with Crippen LogP contribution in [0.1, 0.15) is 5.69 Å². The summed E-state index contributed by atoms with van der Waals surface area (Å²) in [4.78, 5) is 16.5. The molecule has 0 spiro atoms. The van der Waals surface area contributed by atoms with E-state index in [-0.39, 0.29) is 24.6 Å². The van der Waals surface area contributed by atoms with Crippen LogP contribution < -0.4 is 5.32 Å². The summed E-state index contributed by atoms with van der Waals surface area (Å²) in [5, 5.41) is 5.81. The SMILES string of the molecule is O=C(Cc1csc(-c2ccccc2Cl)n1)NCCS(=O)(=O)N1CCOCC1. The topological polar surface area (TPSA) is 88.6 Å². The van der Waals surface area contributed by atoms with Gasteiger partial charge in [-0.1, -0.05) is 29.8 Å². The Morgan fingerprint density at radius 2 is 2.04 bits per heavy atom. The summed E-state index contributed by atoms with van der Waals surface area (Å²) in [6.07, 6.45) is 0.0958. The molecule has 27 heavy (non-hydrogen) atoms. The summed E-state index contributed by atoms with van der Waals surface area (Å²) in [6.45, 7) is 1.60. The number of nitrogens with zero attached hydrogens (tertiary/aromatic N) is 2. The number of halogens is 1. The molecule has 0 atom stereocenters. The average Bonchev–Trinajstić information content (AvgIpc) is 3.11. The van der Waals surface area contributed by atoms with Gasteiger partial charge in [-0.3, -0.25) is 4.79 Å². The molecule has 2 heterocycles. The van der Waals surface area contributed by atoms with E-state index in [4.69, 9.17) is 16.3 Å². The van der Waals surface area contributed by atoms with Crippen molar-refractivity contribution in [1.82, 2.24) is 14.6 Å². The fourth-order valence-corrected chi connectivity index (χ4v) is 5.11. The van der Waals surface area contributed by atoms with E-state index in [1.807, 2.05) is 23.6 Å². The summed E-state index contributed by atoms with van der Waals surface area (Å²) in [6, 6.07) is 7.39. The molecule has 146 valence electrons. The molecule has 1 aliphatic heterocycles. The van der Waals surface area contributed by atoms with Crippen molar-refractivity contribution in [3.63, 3.8) is 0 Å². The van der Waals surface area contributed by atoms with Gasteiger partial charge in [0.2, 0.25) is 15.9 Å². The minimum absolute atomic E-state index is 0.0695. The smallest absolute Gasteiger partial charge is 0.226 e. The number of amides is 1. The zero-order valence-electron chi connectivity index (χ0n) is 14.6. The number of benzene rings is 1. The Morgan fingerprint density at radius 3 is 2.78 bits per heavy atom. The number of hydrogen-bond donors (Lipinski definition) is 1. The van der Waals surface area contributed by atoms with Gasteiger partial charge in [0, 0.05) is 30.6 Å². The molecule has 0 bridgehead atoms.